The third-order valence-corrected chi connectivity index (χ3v) is 3.80. The van der Waals surface area contributed by atoms with E-state index in [-0.39, 0.29) is 5.92 Å². The Balaban J connectivity index is 1.96. The van der Waals surface area contributed by atoms with Crippen LogP contribution in [0, 0.1) is 5.92 Å². The summed E-state index contributed by atoms with van der Waals surface area (Å²) in [4.78, 5) is 10.8. The van der Waals surface area contributed by atoms with Crippen molar-refractivity contribution >= 4 is 22.4 Å². The van der Waals surface area contributed by atoms with Gasteiger partial charge in [-0.3, -0.25) is 4.79 Å². The highest BCUT2D eigenvalue weighted by Crippen LogP contribution is 2.37. The number of rotatable bonds is 2. The lowest BCUT2D eigenvalue weighted by Crippen LogP contribution is -2.20. The summed E-state index contributed by atoms with van der Waals surface area (Å²) in [6.45, 7) is 0. The molecule has 3 N–H and O–H groups in total. The van der Waals surface area contributed by atoms with Crippen LogP contribution in [0.1, 0.15) is 36.6 Å². The molecule has 1 aliphatic carbocycles. The van der Waals surface area contributed by atoms with Gasteiger partial charge in [0.1, 0.15) is 5.01 Å². The first kappa shape index (κ1) is 10.4. The first-order chi connectivity index (χ1) is 7.16. The number of carboxylic acids is 1. The minimum Gasteiger partial charge on any atom is -0.481 e. The van der Waals surface area contributed by atoms with Gasteiger partial charge in [-0.15, -0.1) is 10.2 Å². The average Bonchev–Trinajstić information content (AvgIpc) is 2.65. The van der Waals surface area contributed by atoms with Gasteiger partial charge in [-0.25, -0.2) is 0 Å². The lowest BCUT2D eigenvalue weighted by atomic mass is 9.82. The van der Waals surface area contributed by atoms with Gasteiger partial charge in [0.15, 0.2) is 0 Å². The van der Waals surface area contributed by atoms with E-state index in [1.807, 2.05) is 0 Å². The molecule has 6 heteroatoms. The average molecular weight is 227 g/mol. The Morgan fingerprint density at radius 2 is 2.00 bits per heavy atom. The van der Waals surface area contributed by atoms with Gasteiger partial charge in [0.2, 0.25) is 5.13 Å². The monoisotopic (exact) mass is 227 g/mol. The third kappa shape index (κ3) is 2.26. The van der Waals surface area contributed by atoms with Crippen molar-refractivity contribution in [1.82, 2.24) is 10.2 Å². The molecule has 0 aliphatic heterocycles. The fraction of sp³-hybridized carbons (Fsp3) is 0.667. The summed E-state index contributed by atoms with van der Waals surface area (Å²) in [6, 6.07) is 0. The lowest BCUT2D eigenvalue weighted by Gasteiger charge is -2.23. The van der Waals surface area contributed by atoms with Crippen LogP contribution in [0.25, 0.3) is 0 Å². The molecule has 0 atom stereocenters. The molecule has 1 heterocycles. The highest BCUT2D eigenvalue weighted by Gasteiger charge is 2.28. The summed E-state index contributed by atoms with van der Waals surface area (Å²) in [7, 11) is 0. The van der Waals surface area contributed by atoms with E-state index in [4.69, 9.17) is 10.8 Å². The molecule has 15 heavy (non-hydrogen) atoms. The number of carbonyl (C=O) groups is 1. The Labute approximate surface area is 91.3 Å². The molecule has 1 aliphatic rings. The molecule has 0 amide bonds. The molecule has 0 radical (unpaired) electrons. The maximum Gasteiger partial charge on any atom is 0.306 e. The van der Waals surface area contributed by atoms with Crippen LogP contribution < -0.4 is 5.73 Å². The molecule has 5 nitrogen and oxygen atoms in total. The predicted molar refractivity (Wildman–Crippen MR) is 56.7 cm³/mol. The number of aliphatic carboxylic acids is 1. The minimum atomic E-state index is -0.676. The molecule has 0 bridgehead atoms. The van der Waals surface area contributed by atoms with Crippen LogP contribution in [0.2, 0.25) is 0 Å². The predicted octanol–water partition coefficient (Wildman–Crippen LogP) is 1.48. The zero-order valence-electron chi connectivity index (χ0n) is 8.22. The van der Waals surface area contributed by atoms with Crippen LogP contribution in [0.5, 0.6) is 0 Å². The molecule has 0 aromatic carbocycles. The smallest absolute Gasteiger partial charge is 0.306 e. The summed E-state index contributed by atoms with van der Waals surface area (Å²) < 4.78 is 0. The van der Waals surface area contributed by atoms with Gasteiger partial charge < -0.3 is 10.8 Å². The van der Waals surface area contributed by atoms with Crippen molar-refractivity contribution < 1.29 is 9.90 Å². The molecule has 1 fully saturated rings. The van der Waals surface area contributed by atoms with Gasteiger partial charge in [-0.1, -0.05) is 11.3 Å². The van der Waals surface area contributed by atoms with Crippen molar-refractivity contribution in [3.63, 3.8) is 0 Å². The maximum absolute atomic E-state index is 10.8. The molecular formula is C9H13N3O2S. The molecule has 2 rings (SSSR count). The number of anilines is 1. The SMILES string of the molecule is Nc1nnc(C2CCC(C(=O)O)CC2)s1. The second kappa shape index (κ2) is 4.14. The zero-order valence-corrected chi connectivity index (χ0v) is 9.04. The Morgan fingerprint density at radius 1 is 1.33 bits per heavy atom. The maximum atomic E-state index is 10.8. The normalized spacial score (nSPS) is 26.4. The van der Waals surface area contributed by atoms with Crippen LogP contribution >= 0.6 is 11.3 Å². The molecule has 1 aromatic rings. The van der Waals surface area contributed by atoms with Gasteiger partial charge in [0.05, 0.1) is 5.92 Å². The van der Waals surface area contributed by atoms with Crippen molar-refractivity contribution in [1.29, 1.82) is 0 Å². The van der Waals surface area contributed by atoms with E-state index in [2.05, 4.69) is 10.2 Å². The summed E-state index contributed by atoms with van der Waals surface area (Å²) in [5.41, 5.74) is 5.51. The van der Waals surface area contributed by atoms with Crippen molar-refractivity contribution in [2.24, 2.45) is 5.92 Å². The number of nitrogens with zero attached hydrogens (tertiary/aromatic N) is 2. The molecule has 82 valence electrons. The zero-order chi connectivity index (χ0) is 10.8. The minimum absolute atomic E-state index is 0.175. The summed E-state index contributed by atoms with van der Waals surface area (Å²) in [5, 5.41) is 18.1. The van der Waals surface area contributed by atoms with E-state index in [9.17, 15) is 4.79 Å². The molecule has 1 saturated carbocycles. The van der Waals surface area contributed by atoms with Gasteiger partial charge >= 0.3 is 5.97 Å². The second-order valence-electron chi connectivity index (χ2n) is 3.87. The van der Waals surface area contributed by atoms with Gasteiger partial charge in [-0.05, 0) is 25.7 Å². The number of aromatic nitrogens is 2. The fourth-order valence-corrected chi connectivity index (χ4v) is 2.78. The summed E-state index contributed by atoms with van der Waals surface area (Å²) >= 11 is 1.41. The van der Waals surface area contributed by atoms with E-state index >= 15 is 0 Å². The van der Waals surface area contributed by atoms with Crippen LogP contribution in [0.15, 0.2) is 0 Å². The largest absolute Gasteiger partial charge is 0.481 e. The van der Waals surface area contributed by atoms with Crippen LogP contribution in [0.3, 0.4) is 0 Å². The van der Waals surface area contributed by atoms with Crippen LogP contribution in [-0.4, -0.2) is 21.3 Å². The Bertz CT molecular complexity index is 358. The lowest BCUT2D eigenvalue weighted by molar-refractivity contribution is -0.142. The van der Waals surface area contributed by atoms with Gasteiger partial charge in [0.25, 0.3) is 0 Å². The number of hydrogen-bond acceptors (Lipinski definition) is 5. The first-order valence-corrected chi connectivity index (χ1v) is 5.80. The molecule has 0 saturated heterocycles. The van der Waals surface area contributed by atoms with Crippen molar-refractivity contribution in [2.75, 3.05) is 5.73 Å². The summed E-state index contributed by atoms with van der Waals surface area (Å²) in [6.07, 6.45) is 3.23. The quantitative estimate of drug-likeness (QED) is 0.798. The Kier molecular flexibility index (Phi) is 2.86. The van der Waals surface area contributed by atoms with Crippen molar-refractivity contribution in [3.05, 3.63) is 5.01 Å². The molecular weight excluding hydrogens is 214 g/mol. The van der Waals surface area contributed by atoms with E-state index in [0.717, 1.165) is 30.7 Å². The third-order valence-electron chi connectivity index (χ3n) is 2.88. The Morgan fingerprint density at radius 3 is 2.47 bits per heavy atom. The second-order valence-corrected chi connectivity index (χ2v) is 4.91. The Hall–Kier alpha value is -1.17. The van der Waals surface area contributed by atoms with E-state index in [0.29, 0.717) is 11.0 Å². The molecule has 0 unspecified atom stereocenters. The highest BCUT2D eigenvalue weighted by molar-refractivity contribution is 7.15. The van der Waals surface area contributed by atoms with Crippen LogP contribution in [-0.2, 0) is 4.79 Å². The van der Waals surface area contributed by atoms with Gasteiger partial charge in [-0.2, -0.15) is 0 Å². The molecule has 0 spiro atoms. The number of nitrogen functional groups attached to an aromatic ring is 1. The first-order valence-electron chi connectivity index (χ1n) is 4.98. The summed E-state index contributed by atoms with van der Waals surface area (Å²) in [5.74, 6) is -0.493. The fourth-order valence-electron chi connectivity index (χ4n) is 2.00. The number of carboxylic acid groups (broad SMARTS) is 1. The van der Waals surface area contributed by atoms with E-state index < -0.39 is 5.97 Å². The van der Waals surface area contributed by atoms with Crippen LogP contribution in [0.4, 0.5) is 5.13 Å². The highest BCUT2D eigenvalue weighted by atomic mass is 32.1. The standard InChI is InChI=1S/C9H13N3O2S/c10-9-12-11-7(15-9)5-1-3-6(4-2-5)8(13)14/h5-6H,1-4H2,(H2,10,12)(H,13,14). The topological polar surface area (TPSA) is 89.1 Å². The van der Waals surface area contributed by atoms with Gasteiger partial charge in [0, 0.05) is 5.92 Å². The number of hydrogen-bond donors (Lipinski definition) is 2. The van der Waals surface area contributed by atoms with Crippen molar-refractivity contribution in [3.8, 4) is 0 Å². The van der Waals surface area contributed by atoms with Crippen molar-refractivity contribution in [2.45, 2.75) is 31.6 Å². The van der Waals surface area contributed by atoms with E-state index in [1.54, 1.807) is 0 Å². The number of nitrogens with two attached hydrogens (primary N) is 1. The van der Waals surface area contributed by atoms with E-state index in [1.165, 1.54) is 11.3 Å². The molecule has 1 aromatic heterocycles.